The van der Waals surface area contributed by atoms with Crippen LogP contribution in [-0.4, -0.2) is 71.1 Å². The van der Waals surface area contributed by atoms with Gasteiger partial charge in [0.25, 0.3) is 0 Å². The molecule has 1 aliphatic heterocycles. The first-order chi connectivity index (χ1) is 28.9. The van der Waals surface area contributed by atoms with Crippen LogP contribution in [0.5, 0.6) is 5.75 Å². The molecule has 0 N–H and O–H groups in total. The summed E-state index contributed by atoms with van der Waals surface area (Å²) >= 11 is 1.28. The molecule has 1 aromatic heterocycles. The maximum atomic E-state index is 16.1. The normalized spacial score (nSPS) is 17.2. The number of phosphoric acid groups is 1. The van der Waals surface area contributed by atoms with Gasteiger partial charge in [-0.1, -0.05) is 42.5 Å². The highest BCUT2D eigenvalue weighted by Gasteiger charge is 2.47. The van der Waals surface area contributed by atoms with Crippen LogP contribution in [0.15, 0.2) is 111 Å². The topological polar surface area (TPSA) is 153 Å². The van der Waals surface area contributed by atoms with E-state index in [2.05, 4.69) is 23.2 Å². The van der Waals surface area contributed by atoms with Crippen LogP contribution in [0.25, 0.3) is 6.08 Å². The van der Waals surface area contributed by atoms with Crippen LogP contribution < -0.4 is 4.74 Å². The molecule has 0 bridgehead atoms. The van der Waals surface area contributed by atoms with E-state index in [0.29, 0.717) is 11.6 Å². The van der Waals surface area contributed by atoms with Gasteiger partial charge in [-0.3, -0.25) is 13.6 Å². The molecule has 5 rings (SSSR count). The molecule has 1 aliphatic rings. The van der Waals surface area contributed by atoms with E-state index in [1.165, 1.54) is 84.8 Å². The Morgan fingerprint density at radius 2 is 1.82 bits per heavy atom. The number of hydrogen-bond acceptors (Lipinski definition) is 13. The summed E-state index contributed by atoms with van der Waals surface area (Å²) in [5.74, 6) is -3.17. The second kappa shape index (κ2) is 21.8. The molecule has 0 amide bonds. The Kier molecular flexibility index (Phi) is 16.6. The van der Waals surface area contributed by atoms with Crippen molar-refractivity contribution in [3.8, 4) is 11.8 Å². The molecule has 18 heteroatoms. The van der Waals surface area contributed by atoms with Gasteiger partial charge in [-0.25, -0.2) is 32.2 Å². The molecule has 2 heterocycles. The third kappa shape index (κ3) is 11.9. The largest absolute Gasteiger partial charge is 0.496 e. The van der Waals surface area contributed by atoms with Gasteiger partial charge >= 0.3 is 13.8 Å². The number of nitriles is 1. The average Bonchev–Trinajstić information content (AvgIpc) is 3.76. The Hall–Kier alpha value is -5.31. The predicted octanol–water partition coefficient (Wildman–Crippen LogP) is 8.49. The maximum absolute atomic E-state index is 16.1. The fourth-order valence-corrected chi connectivity index (χ4v) is 8.43. The zero-order valence-corrected chi connectivity index (χ0v) is 34.4. The molecule has 0 unspecified atom stereocenters. The number of esters is 1. The molecule has 1 fully saturated rings. The number of nitrogens with zero attached hydrogens (tertiary/aromatic N) is 4. The van der Waals surface area contributed by atoms with Crippen molar-refractivity contribution in [3.05, 3.63) is 156 Å². The SMILES string of the molecule is C=CCOP(=O)(OCC=C)OCc1c(OC)cccc1C(=O)O[C@@](Cn1cncn1)(c1ccc(F)cc1F)[C@@H](C)S[C@H]1CO[C@H](C=CC=Cc2ccc(C#N)cc2F)OC1. The van der Waals surface area contributed by atoms with Gasteiger partial charge in [0.15, 0.2) is 11.9 Å². The molecule has 4 aromatic rings. The van der Waals surface area contributed by atoms with Gasteiger partial charge in [-0.15, -0.1) is 24.9 Å². The highest BCUT2D eigenvalue weighted by molar-refractivity contribution is 8.00. The minimum atomic E-state index is -4.21. The highest BCUT2D eigenvalue weighted by atomic mass is 32.2. The number of methoxy groups -OCH3 is 1. The van der Waals surface area contributed by atoms with E-state index in [4.69, 9.17) is 37.8 Å². The first-order valence-corrected chi connectivity index (χ1v) is 20.7. The zero-order valence-electron chi connectivity index (χ0n) is 32.7. The smallest absolute Gasteiger partial charge is 0.475 e. The number of rotatable bonds is 21. The highest BCUT2D eigenvalue weighted by Crippen LogP contribution is 2.51. The summed E-state index contributed by atoms with van der Waals surface area (Å²) in [6, 6.07) is 13.5. The van der Waals surface area contributed by atoms with Gasteiger partial charge in [0.1, 0.15) is 35.9 Å². The molecule has 0 aliphatic carbocycles. The number of allylic oxidation sites excluding steroid dienone is 2. The van der Waals surface area contributed by atoms with E-state index >= 15 is 4.39 Å². The first kappa shape index (κ1) is 45.8. The lowest BCUT2D eigenvalue weighted by molar-refractivity contribution is -0.146. The van der Waals surface area contributed by atoms with Gasteiger partial charge in [0.05, 0.1) is 69.1 Å². The van der Waals surface area contributed by atoms with Crippen molar-refractivity contribution in [2.45, 2.75) is 42.5 Å². The fourth-order valence-electron chi connectivity index (χ4n) is 5.99. The monoisotopic (exact) mass is 866 g/mol. The molecule has 3 aromatic carbocycles. The summed E-state index contributed by atoms with van der Waals surface area (Å²) in [5.41, 5.74) is -1.53. The number of aromatic nitrogens is 3. The number of halogens is 3. The van der Waals surface area contributed by atoms with Crippen LogP contribution in [-0.2, 0) is 51.1 Å². The van der Waals surface area contributed by atoms with E-state index in [1.54, 1.807) is 31.2 Å². The molecule has 0 saturated carbocycles. The predicted molar refractivity (Wildman–Crippen MR) is 217 cm³/mol. The van der Waals surface area contributed by atoms with Crippen molar-refractivity contribution in [3.63, 3.8) is 0 Å². The third-order valence-corrected chi connectivity index (χ3v) is 11.7. The van der Waals surface area contributed by atoms with Gasteiger partial charge in [-0.05, 0) is 49.4 Å². The van der Waals surface area contributed by atoms with E-state index < -0.39 is 55.0 Å². The molecule has 2 atom stereocenters. The number of carbonyl (C=O) groups excluding carboxylic acids is 1. The second-order valence-electron chi connectivity index (χ2n) is 12.9. The maximum Gasteiger partial charge on any atom is 0.475 e. The van der Waals surface area contributed by atoms with Gasteiger partial charge in [0, 0.05) is 28.0 Å². The summed E-state index contributed by atoms with van der Waals surface area (Å²) in [4.78, 5) is 18.6. The Balaban J connectivity index is 1.42. The number of thioether (sulfide) groups is 1. The summed E-state index contributed by atoms with van der Waals surface area (Å²) < 4.78 is 99.7. The summed E-state index contributed by atoms with van der Waals surface area (Å²) in [7, 11) is -2.85. The zero-order chi connectivity index (χ0) is 43.1. The van der Waals surface area contributed by atoms with Crippen LogP contribution in [0.2, 0.25) is 0 Å². The minimum Gasteiger partial charge on any atom is -0.496 e. The van der Waals surface area contributed by atoms with Crippen molar-refractivity contribution >= 4 is 31.6 Å². The van der Waals surface area contributed by atoms with Gasteiger partial charge in [0.2, 0.25) is 0 Å². The quantitative estimate of drug-likeness (QED) is 0.0341. The number of benzene rings is 3. The van der Waals surface area contributed by atoms with Crippen molar-refractivity contribution in [2.75, 3.05) is 33.5 Å². The second-order valence-corrected chi connectivity index (χ2v) is 16.2. The van der Waals surface area contributed by atoms with Crippen molar-refractivity contribution in [1.29, 1.82) is 5.26 Å². The molecule has 1 saturated heterocycles. The van der Waals surface area contributed by atoms with Gasteiger partial charge in [-0.2, -0.15) is 10.4 Å². The molecule has 60 heavy (non-hydrogen) atoms. The standard InChI is InChI=1S/C42H42F3N4O9PS/c1-5-18-55-59(51,56-19-6-2)57-25-35-34(11-9-12-39(35)52-4)41(50)58-42(26-49-28-47-27-48-49,36-17-16-32(43)21-38(36)45)29(3)60-33-23-53-40(54-24-33)13-8-7-10-31-15-14-30(22-46)20-37(31)44/h5-17,20-21,27-29,33,40H,1-2,18-19,23-26H2,3-4H3/t29-,33-,40-,42-/m1/s1. The number of phosphoric ester groups is 1. The molecule has 13 nitrogen and oxygen atoms in total. The molecule has 0 spiro atoms. The Morgan fingerprint density at radius 3 is 2.45 bits per heavy atom. The van der Waals surface area contributed by atoms with Crippen molar-refractivity contribution in [1.82, 2.24) is 14.8 Å². The fraction of sp³-hybridized carbons (Fsp3) is 0.286. The Labute approximate surface area is 349 Å². The lowest BCUT2D eigenvalue weighted by Crippen LogP contribution is -2.47. The van der Waals surface area contributed by atoms with Gasteiger partial charge < -0.3 is 18.9 Å². The average molecular weight is 867 g/mol. The molecular weight excluding hydrogens is 825 g/mol. The number of carbonyl (C=O) groups is 1. The minimum absolute atomic E-state index is 0.0917. The first-order valence-electron chi connectivity index (χ1n) is 18.3. The van der Waals surface area contributed by atoms with Crippen LogP contribution in [0.3, 0.4) is 0 Å². The lowest BCUT2D eigenvalue weighted by atomic mass is 9.89. The van der Waals surface area contributed by atoms with Crippen molar-refractivity contribution in [2.24, 2.45) is 0 Å². The lowest BCUT2D eigenvalue weighted by Gasteiger charge is -2.40. The summed E-state index contributed by atoms with van der Waals surface area (Å²) in [6.07, 6.45) is 11.0. The van der Waals surface area contributed by atoms with E-state index in [9.17, 15) is 18.1 Å². The summed E-state index contributed by atoms with van der Waals surface area (Å²) in [6.45, 7) is 8.03. The molecule has 0 radical (unpaired) electrons. The van der Waals surface area contributed by atoms with E-state index in [1.807, 2.05) is 6.07 Å². The number of ether oxygens (including phenoxy) is 4. The molecule has 316 valence electrons. The van der Waals surface area contributed by atoms with E-state index in [0.717, 1.165) is 12.1 Å². The van der Waals surface area contributed by atoms with Crippen molar-refractivity contribution < 1.29 is 55.0 Å². The van der Waals surface area contributed by atoms with E-state index in [-0.39, 0.29) is 66.2 Å². The van der Waals surface area contributed by atoms with Crippen LogP contribution >= 0.6 is 19.6 Å². The van der Waals surface area contributed by atoms with Crippen LogP contribution in [0.4, 0.5) is 13.2 Å². The van der Waals surface area contributed by atoms with Crippen LogP contribution in [0.1, 0.15) is 39.5 Å². The van der Waals surface area contributed by atoms with Crippen LogP contribution in [0, 0.1) is 28.8 Å². The Morgan fingerprint density at radius 1 is 1.07 bits per heavy atom. The third-order valence-electron chi connectivity index (χ3n) is 8.90. The molecular formula is C42H42F3N4O9PS. The summed E-state index contributed by atoms with van der Waals surface area (Å²) in [5, 5.41) is 12.0. The Bertz CT molecular complexity index is 2250. The number of hydrogen-bond donors (Lipinski definition) is 0.